The molecule has 4 heteroatoms. The third kappa shape index (κ3) is 24.1. The summed E-state index contributed by atoms with van der Waals surface area (Å²) >= 11 is 0. The van der Waals surface area contributed by atoms with E-state index in [9.17, 15) is 15.0 Å². The van der Waals surface area contributed by atoms with E-state index in [2.05, 4.69) is 43.5 Å². The van der Waals surface area contributed by atoms with Crippen LogP contribution in [0.4, 0.5) is 0 Å². The minimum absolute atomic E-state index is 0.0993. The highest BCUT2D eigenvalue weighted by Gasteiger charge is 2.17. The molecule has 0 aromatic rings. The number of aliphatic hydroxyl groups excluding tert-OH is 2. The molecule has 0 bridgehead atoms. The highest BCUT2D eigenvalue weighted by atomic mass is 16.3. The van der Waals surface area contributed by atoms with E-state index in [4.69, 9.17) is 0 Å². The molecule has 204 valence electrons. The Labute approximate surface area is 217 Å². The summed E-state index contributed by atoms with van der Waals surface area (Å²) in [6, 6.07) is -0.636. The van der Waals surface area contributed by atoms with Crippen molar-refractivity contribution in [3.8, 4) is 0 Å². The van der Waals surface area contributed by atoms with Crippen LogP contribution in [0.25, 0.3) is 0 Å². The number of carbonyl (C=O) groups is 1. The van der Waals surface area contributed by atoms with E-state index < -0.39 is 12.1 Å². The maximum Gasteiger partial charge on any atom is 0.220 e. The molecule has 0 fully saturated rings. The molecule has 0 rings (SSSR count). The minimum atomic E-state index is -0.862. The Kier molecular flexibility index (Phi) is 26.1. The van der Waals surface area contributed by atoms with Crippen LogP contribution in [-0.4, -0.2) is 34.9 Å². The van der Waals surface area contributed by atoms with Gasteiger partial charge in [0.05, 0.1) is 18.8 Å². The molecule has 0 saturated heterocycles. The zero-order valence-electron chi connectivity index (χ0n) is 23.1. The Balaban J connectivity index is 3.69. The van der Waals surface area contributed by atoms with Crippen molar-refractivity contribution >= 4 is 5.91 Å². The summed E-state index contributed by atoms with van der Waals surface area (Å²) in [4.78, 5) is 12.0. The molecule has 0 heterocycles. The third-order valence-corrected chi connectivity index (χ3v) is 6.35. The number of unbranched alkanes of at least 4 members (excludes halogenated alkanes) is 14. The van der Waals surface area contributed by atoms with Crippen molar-refractivity contribution in [1.29, 1.82) is 0 Å². The van der Waals surface area contributed by atoms with Gasteiger partial charge in [0.25, 0.3) is 0 Å². The van der Waals surface area contributed by atoms with Gasteiger partial charge in [0, 0.05) is 6.42 Å². The zero-order chi connectivity index (χ0) is 25.8. The Morgan fingerprint density at radius 2 is 1.11 bits per heavy atom. The quantitative estimate of drug-likeness (QED) is 0.0896. The predicted molar refractivity (Wildman–Crippen MR) is 152 cm³/mol. The lowest BCUT2D eigenvalue weighted by molar-refractivity contribution is -0.123. The Morgan fingerprint density at radius 3 is 1.66 bits per heavy atom. The lowest BCUT2D eigenvalue weighted by Crippen LogP contribution is -2.45. The first-order chi connectivity index (χ1) is 17.2. The van der Waals surface area contributed by atoms with Crippen LogP contribution in [0.5, 0.6) is 0 Å². The van der Waals surface area contributed by atoms with E-state index in [0.29, 0.717) is 6.42 Å². The molecule has 0 radical (unpaired) electrons. The highest BCUT2D eigenvalue weighted by Crippen LogP contribution is 2.11. The molecule has 0 spiro atoms. The first-order valence-corrected chi connectivity index (χ1v) is 14.7. The molecular weight excluding hydrogens is 434 g/mol. The van der Waals surface area contributed by atoms with E-state index in [-0.39, 0.29) is 12.5 Å². The van der Waals surface area contributed by atoms with Crippen molar-refractivity contribution in [2.24, 2.45) is 0 Å². The molecule has 1 amide bonds. The van der Waals surface area contributed by atoms with Crippen molar-refractivity contribution in [2.75, 3.05) is 6.61 Å². The molecule has 0 aromatic heterocycles. The lowest BCUT2D eigenvalue weighted by Gasteiger charge is -2.19. The Hall–Kier alpha value is -1.39. The van der Waals surface area contributed by atoms with E-state index >= 15 is 0 Å². The normalized spacial score (nSPS) is 13.8. The fraction of sp³-hybridized carbons (Fsp3) is 0.774. The second kappa shape index (κ2) is 27.2. The van der Waals surface area contributed by atoms with Gasteiger partial charge in [0.2, 0.25) is 5.91 Å². The molecule has 0 saturated carbocycles. The molecule has 0 aromatic carbocycles. The predicted octanol–water partition coefficient (Wildman–Crippen LogP) is 7.94. The molecular formula is C31H57NO3. The van der Waals surface area contributed by atoms with Gasteiger partial charge < -0.3 is 15.5 Å². The standard InChI is InChI=1S/C31H57NO3/c1-3-5-7-9-10-11-12-13-14-15-16-17-18-19-20-21-22-23-24-26-30(34)29(28-33)32-31(35)27-25-8-6-4-2/h16-17,20-21,24,26,29-30,33-34H,3-15,18-19,22-23,25,27-28H2,1-2H3,(H,32,35)/b17-16+,21-20+,26-24+. The molecule has 35 heavy (non-hydrogen) atoms. The maximum atomic E-state index is 12.0. The van der Waals surface area contributed by atoms with Gasteiger partial charge in [-0.25, -0.2) is 0 Å². The SMILES string of the molecule is CCCCCCCCCCC/C=C/CC/C=C/CC/C=C/C(O)C(CO)NC(=O)CCCCCC. The van der Waals surface area contributed by atoms with Gasteiger partial charge >= 0.3 is 0 Å². The maximum absolute atomic E-state index is 12.0. The molecule has 0 aliphatic rings. The van der Waals surface area contributed by atoms with Crippen LogP contribution < -0.4 is 5.32 Å². The number of nitrogens with one attached hydrogen (secondary N) is 1. The van der Waals surface area contributed by atoms with E-state index in [1.54, 1.807) is 6.08 Å². The van der Waals surface area contributed by atoms with Crippen molar-refractivity contribution in [1.82, 2.24) is 5.32 Å². The van der Waals surface area contributed by atoms with Gasteiger partial charge in [0.1, 0.15) is 0 Å². The van der Waals surface area contributed by atoms with Crippen molar-refractivity contribution in [3.63, 3.8) is 0 Å². The topological polar surface area (TPSA) is 69.6 Å². The van der Waals surface area contributed by atoms with Crippen LogP contribution in [0.3, 0.4) is 0 Å². The number of hydrogen-bond acceptors (Lipinski definition) is 3. The third-order valence-electron chi connectivity index (χ3n) is 6.35. The number of allylic oxidation sites excluding steroid dienone is 5. The summed E-state index contributed by atoms with van der Waals surface area (Å²) in [5.41, 5.74) is 0. The number of hydrogen-bond donors (Lipinski definition) is 3. The molecule has 4 nitrogen and oxygen atoms in total. The second-order valence-corrected chi connectivity index (χ2v) is 9.80. The van der Waals surface area contributed by atoms with Crippen LogP contribution in [0.1, 0.15) is 136 Å². The summed E-state index contributed by atoms with van der Waals surface area (Å²) in [5.74, 6) is -0.0993. The lowest BCUT2D eigenvalue weighted by atomic mass is 10.1. The Morgan fingerprint density at radius 1 is 0.657 bits per heavy atom. The van der Waals surface area contributed by atoms with Gasteiger partial charge in [-0.2, -0.15) is 0 Å². The van der Waals surface area contributed by atoms with E-state index in [0.717, 1.165) is 51.4 Å². The van der Waals surface area contributed by atoms with Crippen LogP contribution in [0.2, 0.25) is 0 Å². The average Bonchev–Trinajstić information content (AvgIpc) is 2.86. The van der Waals surface area contributed by atoms with Gasteiger partial charge in [-0.1, -0.05) is 121 Å². The van der Waals surface area contributed by atoms with Crippen LogP contribution >= 0.6 is 0 Å². The first-order valence-electron chi connectivity index (χ1n) is 14.7. The summed E-state index contributed by atoms with van der Waals surface area (Å²) in [5, 5.41) is 22.5. The van der Waals surface area contributed by atoms with Crippen LogP contribution in [0, 0.1) is 0 Å². The fourth-order valence-electron chi connectivity index (χ4n) is 4.03. The summed E-state index contributed by atoms with van der Waals surface area (Å²) in [6.45, 7) is 4.14. The van der Waals surface area contributed by atoms with Crippen molar-refractivity contribution in [2.45, 2.75) is 148 Å². The monoisotopic (exact) mass is 491 g/mol. The molecule has 3 N–H and O–H groups in total. The van der Waals surface area contributed by atoms with Gasteiger partial charge in [0.15, 0.2) is 0 Å². The fourth-order valence-corrected chi connectivity index (χ4v) is 4.03. The second-order valence-electron chi connectivity index (χ2n) is 9.80. The van der Waals surface area contributed by atoms with Crippen molar-refractivity contribution < 1.29 is 15.0 Å². The van der Waals surface area contributed by atoms with Crippen LogP contribution in [0.15, 0.2) is 36.5 Å². The highest BCUT2D eigenvalue weighted by molar-refractivity contribution is 5.76. The van der Waals surface area contributed by atoms with Crippen LogP contribution in [-0.2, 0) is 4.79 Å². The Bertz CT molecular complexity index is 541. The largest absolute Gasteiger partial charge is 0.394 e. The van der Waals surface area contributed by atoms with E-state index in [1.165, 1.54) is 64.2 Å². The van der Waals surface area contributed by atoms with Crippen molar-refractivity contribution in [3.05, 3.63) is 36.5 Å². The minimum Gasteiger partial charge on any atom is -0.394 e. The zero-order valence-corrected chi connectivity index (χ0v) is 23.1. The molecule has 2 unspecified atom stereocenters. The number of carbonyl (C=O) groups excluding carboxylic acids is 1. The van der Waals surface area contributed by atoms with Gasteiger partial charge in [-0.15, -0.1) is 0 Å². The van der Waals surface area contributed by atoms with Gasteiger partial charge in [-0.3, -0.25) is 4.79 Å². The first kappa shape index (κ1) is 33.6. The molecule has 0 aliphatic carbocycles. The summed E-state index contributed by atoms with van der Waals surface area (Å²) < 4.78 is 0. The number of amides is 1. The number of aliphatic hydroxyl groups is 2. The van der Waals surface area contributed by atoms with E-state index in [1.807, 2.05) is 6.08 Å². The average molecular weight is 492 g/mol. The molecule has 2 atom stereocenters. The summed E-state index contributed by atoms with van der Waals surface area (Å²) in [6.07, 6.45) is 34.0. The number of rotatable bonds is 25. The molecule has 0 aliphatic heterocycles. The smallest absolute Gasteiger partial charge is 0.220 e. The van der Waals surface area contributed by atoms with Gasteiger partial charge in [-0.05, 0) is 44.9 Å². The summed E-state index contributed by atoms with van der Waals surface area (Å²) in [7, 11) is 0.